The highest BCUT2D eigenvalue weighted by molar-refractivity contribution is 6.31. The smallest absolute Gasteiger partial charge is 0.344 e. The van der Waals surface area contributed by atoms with E-state index in [1.54, 1.807) is 25.1 Å². The van der Waals surface area contributed by atoms with E-state index in [9.17, 15) is 14.7 Å². The SMILES string of the molecule is CCOC1Oc2c(c(=O)oc3ccc(Cl)cc23)C1c1c(O)c2cc(Cl)ccc2oc1=O. The van der Waals surface area contributed by atoms with Gasteiger partial charge in [0.15, 0.2) is 0 Å². The molecule has 4 aromatic rings. The molecule has 2 aromatic carbocycles. The Morgan fingerprint density at radius 2 is 1.52 bits per heavy atom. The molecule has 2 atom stereocenters. The minimum atomic E-state index is -1.09. The summed E-state index contributed by atoms with van der Waals surface area (Å²) >= 11 is 12.2. The molecule has 3 heterocycles. The van der Waals surface area contributed by atoms with Gasteiger partial charge in [-0.3, -0.25) is 0 Å². The van der Waals surface area contributed by atoms with Gasteiger partial charge in [-0.05, 0) is 43.3 Å². The molecule has 31 heavy (non-hydrogen) atoms. The van der Waals surface area contributed by atoms with E-state index in [4.69, 9.17) is 41.5 Å². The number of aromatic hydroxyl groups is 1. The number of benzene rings is 2. The van der Waals surface area contributed by atoms with Crippen molar-refractivity contribution in [1.29, 1.82) is 0 Å². The van der Waals surface area contributed by atoms with Crippen LogP contribution in [0.3, 0.4) is 0 Å². The van der Waals surface area contributed by atoms with Crippen LogP contribution in [0.2, 0.25) is 10.0 Å². The van der Waals surface area contributed by atoms with Crippen molar-refractivity contribution in [3.63, 3.8) is 0 Å². The Morgan fingerprint density at radius 1 is 0.935 bits per heavy atom. The number of fused-ring (bicyclic) bond motifs is 4. The van der Waals surface area contributed by atoms with E-state index in [0.29, 0.717) is 15.4 Å². The summed E-state index contributed by atoms with van der Waals surface area (Å²) in [5.41, 5.74) is -1.27. The van der Waals surface area contributed by atoms with Gasteiger partial charge in [-0.1, -0.05) is 23.2 Å². The first-order valence-corrected chi connectivity index (χ1v) is 10.1. The number of hydrogen-bond donors (Lipinski definition) is 1. The van der Waals surface area contributed by atoms with Crippen molar-refractivity contribution in [1.82, 2.24) is 0 Å². The first-order valence-electron chi connectivity index (χ1n) is 9.38. The van der Waals surface area contributed by atoms with Gasteiger partial charge in [-0.25, -0.2) is 9.59 Å². The zero-order chi connectivity index (χ0) is 21.9. The standard InChI is InChI=1S/C22H14Cl2O7/c1-2-28-22-15(16-18(25)11-7-9(23)3-5-13(11)29-20(16)26)17-19(31-22)12-8-10(24)4-6-14(12)30-21(17)27/h3-8,15,22,25H,2H2,1H3. The largest absolute Gasteiger partial charge is 0.507 e. The van der Waals surface area contributed by atoms with Gasteiger partial charge in [0.05, 0.1) is 27.8 Å². The summed E-state index contributed by atoms with van der Waals surface area (Å²) < 4.78 is 22.5. The van der Waals surface area contributed by atoms with Gasteiger partial charge in [-0.2, -0.15) is 0 Å². The minimum Gasteiger partial charge on any atom is -0.507 e. The van der Waals surface area contributed by atoms with Crippen molar-refractivity contribution in [3.05, 3.63) is 78.4 Å². The van der Waals surface area contributed by atoms with Crippen molar-refractivity contribution in [2.75, 3.05) is 6.61 Å². The lowest BCUT2D eigenvalue weighted by Gasteiger charge is -2.19. The predicted octanol–water partition coefficient (Wildman–Crippen LogP) is 4.80. The third kappa shape index (κ3) is 3.08. The fourth-order valence-electron chi connectivity index (χ4n) is 3.90. The normalized spacial score (nSPS) is 17.8. The highest BCUT2D eigenvalue weighted by Gasteiger charge is 2.44. The third-order valence-corrected chi connectivity index (χ3v) is 5.66. The highest BCUT2D eigenvalue weighted by atomic mass is 35.5. The van der Waals surface area contributed by atoms with Gasteiger partial charge in [0.2, 0.25) is 6.29 Å². The topological polar surface area (TPSA) is 99.1 Å². The molecule has 1 aliphatic heterocycles. The Hall–Kier alpha value is -3.00. The lowest BCUT2D eigenvalue weighted by Crippen LogP contribution is -2.29. The van der Waals surface area contributed by atoms with E-state index >= 15 is 0 Å². The van der Waals surface area contributed by atoms with Crippen molar-refractivity contribution >= 4 is 45.1 Å². The lowest BCUT2D eigenvalue weighted by atomic mass is 9.92. The summed E-state index contributed by atoms with van der Waals surface area (Å²) in [6, 6.07) is 9.20. The van der Waals surface area contributed by atoms with E-state index in [1.165, 1.54) is 18.2 Å². The van der Waals surface area contributed by atoms with Gasteiger partial charge < -0.3 is 23.4 Å². The van der Waals surface area contributed by atoms with Crippen LogP contribution in [0.1, 0.15) is 24.0 Å². The minimum absolute atomic E-state index is 0.0391. The van der Waals surface area contributed by atoms with Gasteiger partial charge in [0.1, 0.15) is 22.7 Å². The Bertz CT molecular complexity index is 1470. The molecule has 9 heteroatoms. The zero-order valence-corrected chi connectivity index (χ0v) is 17.5. The first kappa shape index (κ1) is 19.9. The molecule has 158 valence electrons. The highest BCUT2D eigenvalue weighted by Crippen LogP contribution is 2.47. The second-order valence-corrected chi connectivity index (χ2v) is 7.86. The Balaban J connectivity index is 1.84. The fourth-order valence-corrected chi connectivity index (χ4v) is 4.24. The molecule has 1 N–H and O–H groups in total. The molecule has 0 aliphatic carbocycles. The average Bonchev–Trinajstić information content (AvgIpc) is 3.10. The van der Waals surface area contributed by atoms with E-state index in [-0.39, 0.29) is 45.8 Å². The molecule has 0 amide bonds. The predicted molar refractivity (Wildman–Crippen MR) is 115 cm³/mol. The van der Waals surface area contributed by atoms with E-state index in [1.807, 2.05) is 0 Å². The lowest BCUT2D eigenvalue weighted by molar-refractivity contribution is -0.0698. The first-order chi connectivity index (χ1) is 14.9. The summed E-state index contributed by atoms with van der Waals surface area (Å²) in [6.45, 7) is 1.97. The number of hydrogen-bond acceptors (Lipinski definition) is 7. The molecule has 2 unspecified atom stereocenters. The van der Waals surface area contributed by atoms with Crippen LogP contribution < -0.4 is 16.0 Å². The van der Waals surface area contributed by atoms with Gasteiger partial charge in [0.25, 0.3) is 0 Å². The molecule has 0 radical (unpaired) electrons. The summed E-state index contributed by atoms with van der Waals surface area (Å²) in [5, 5.41) is 12.4. The molecular formula is C22H14Cl2O7. The van der Waals surface area contributed by atoms with E-state index < -0.39 is 23.5 Å². The second-order valence-electron chi connectivity index (χ2n) is 6.98. The third-order valence-electron chi connectivity index (χ3n) is 5.19. The molecule has 0 saturated heterocycles. The van der Waals surface area contributed by atoms with Crippen LogP contribution >= 0.6 is 23.2 Å². The summed E-state index contributed by atoms with van der Waals surface area (Å²) in [6.07, 6.45) is -1.07. The van der Waals surface area contributed by atoms with Crippen LogP contribution in [-0.4, -0.2) is 18.0 Å². The van der Waals surface area contributed by atoms with Crippen molar-refractivity contribution in [2.24, 2.45) is 0 Å². The molecular weight excluding hydrogens is 447 g/mol. The molecule has 5 rings (SSSR count). The monoisotopic (exact) mass is 460 g/mol. The van der Waals surface area contributed by atoms with Crippen LogP contribution in [0.25, 0.3) is 21.9 Å². The Morgan fingerprint density at radius 3 is 2.16 bits per heavy atom. The number of ether oxygens (including phenoxy) is 2. The van der Waals surface area contributed by atoms with Gasteiger partial charge >= 0.3 is 11.3 Å². The Kier molecular flexibility index (Phi) is 4.69. The molecule has 0 spiro atoms. The summed E-state index contributed by atoms with van der Waals surface area (Å²) in [4.78, 5) is 25.8. The van der Waals surface area contributed by atoms with Crippen LogP contribution in [0.5, 0.6) is 11.5 Å². The number of rotatable bonds is 3. The average molecular weight is 461 g/mol. The molecule has 0 saturated carbocycles. The van der Waals surface area contributed by atoms with Crippen molar-refractivity contribution < 1.29 is 23.4 Å². The second kappa shape index (κ2) is 7.30. The maximum atomic E-state index is 12.9. The van der Waals surface area contributed by atoms with Crippen molar-refractivity contribution in [3.8, 4) is 11.5 Å². The molecule has 0 bridgehead atoms. The van der Waals surface area contributed by atoms with Crippen LogP contribution in [-0.2, 0) is 4.74 Å². The molecule has 0 fully saturated rings. The van der Waals surface area contributed by atoms with Crippen LogP contribution in [0.15, 0.2) is 54.8 Å². The van der Waals surface area contributed by atoms with Crippen LogP contribution in [0, 0.1) is 0 Å². The quantitative estimate of drug-likeness (QED) is 0.438. The van der Waals surface area contributed by atoms with Crippen LogP contribution in [0.4, 0.5) is 0 Å². The van der Waals surface area contributed by atoms with Crippen molar-refractivity contribution in [2.45, 2.75) is 19.1 Å². The summed E-state index contributed by atoms with van der Waals surface area (Å²) in [5.74, 6) is -1.28. The maximum absolute atomic E-state index is 12.9. The van der Waals surface area contributed by atoms with E-state index in [2.05, 4.69) is 0 Å². The van der Waals surface area contributed by atoms with E-state index in [0.717, 1.165) is 0 Å². The molecule has 2 aromatic heterocycles. The maximum Gasteiger partial charge on any atom is 0.344 e. The molecule has 7 nitrogen and oxygen atoms in total. The fraction of sp³-hybridized carbons (Fsp3) is 0.182. The van der Waals surface area contributed by atoms with Gasteiger partial charge in [0, 0.05) is 16.7 Å². The van der Waals surface area contributed by atoms with Gasteiger partial charge in [-0.15, -0.1) is 0 Å². The zero-order valence-electron chi connectivity index (χ0n) is 16.0. The molecule has 1 aliphatic rings. The Labute approximate surface area is 184 Å². The summed E-state index contributed by atoms with van der Waals surface area (Å²) in [7, 11) is 0. The number of halogens is 2.